The summed E-state index contributed by atoms with van der Waals surface area (Å²) in [5, 5.41) is 7.41. The molecule has 6 N–H and O–H groups in total. The zero-order chi connectivity index (χ0) is 9.44. The van der Waals surface area contributed by atoms with Crippen LogP contribution in [0.3, 0.4) is 0 Å². The van der Waals surface area contributed by atoms with Gasteiger partial charge in [0.15, 0.2) is 5.17 Å². The molecule has 0 heterocycles. The van der Waals surface area contributed by atoms with Gasteiger partial charge in [0.2, 0.25) is 0 Å². The summed E-state index contributed by atoms with van der Waals surface area (Å²) < 4.78 is 0. The predicted octanol–water partition coefficient (Wildman–Crippen LogP) is 0.212. The summed E-state index contributed by atoms with van der Waals surface area (Å²) in [6, 6.07) is 0. The highest BCUT2D eigenvalue weighted by Gasteiger charge is 1.93. The second-order valence-electron chi connectivity index (χ2n) is 1.80. The Morgan fingerprint density at radius 2 is 1.73 bits per heavy atom. The van der Waals surface area contributed by atoms with Crippen LogP contribution >= 0.6 is 20.4 Å². The Labute approximate surface area is 71.1 Å². The fraction of sp³-hybridized carbons (Fsp3) is 0.750. The van der Waals surface area contributed by atoms with Crippen LogP contribution in [0.2, 0.25) is 0 Å². The number of nitrogens with one attached hydrogen (secondary N) is 1. The van der Waals surface area contributed by atoms with Gasteiger partial charge >= 0.3 is 8.60 Å². The van der Waals surface area contributed by atoms with Crippen LogP contribution in [0.5, 0.6) is 0 Å². The second kappa shape index (κ2) is 8.23. The third-order valence-corrected chi connectivity index (χ3v) is 1.09. The Kier molecular flexibility index (Phi) is 10.2. The fourth-order valence-corrected chi connectivity index (χ4v) is 0.762. The molecule has 0 aliphatic carbocycles. The van der Waals surface area contributed by atoms with Crippen molar-refractivity contribution >= 4 is 25.5 Å². The van der Waals surface area contributed by atoms with E-state index in [1.807, 2.05) is 13.8 Å². The van der Waals surface area contributed by atoms with Crippen molar-refractivity contribution < 1.29 is 14.7 Å². The average molecular weight is 200 g/mol. The lowest BCUT2D eigenvalue weighted by atomic mass is 10.6. The molecule has 0 fully saturated rings. The van der Waals surface area contributed by atoms with Gasteiger partial charge in [0.1, 0.15) is 0 Å². The molecule has 0 atom stereocenters. The normalized spacial score (nSPS) is 9.36. The first-order valence-electron chi connectivity index (χ1n) is 2.73. The Balaban J connectivity index is 0. The molecule has 0 rings (SSSR count). The van der Waals surface area contributed by atoms with Crippen molar-refractivity contribution in [2.45, 2.75) is 19.1 Å². The molecule has 0 aliphatic heterocycles. The van der Waals surface area contributed by atoms with Crippen molar-refractivity contribution in [2.75, 3.05) is 0 Å². The first-order chi connectivity index (χ1) is 4.86. The molecular weight excluding hydrogens is 187 g/mol. The second-order valence-corrected chi connectivity index (χ2v) is 3.95. The van der Waals surface area contributed by atoms with Crippen LogP contribution < -0.4 is 5.73 Å². The summed E-state index contributed by atoms with van der Waals surface area (Å²) in [5.74, 6) is 0. The van der Waals surface area contributed by atoms with Gasteiger partial charge in [0.25, 0.3) is 0 Å². The number of hydrogen-bond donors (Lipinski definition) is 5. The molecule has 0 spiro atoms. The molecule has 0 saturated carbocycles. The zero-order valence-corrected chi connectivity index (χ0v) is 8.06. The summed E-state index contributed by atoms with van der Waals surface area (Å²) in [6.45, 7) is 4.01. The molecule has 0 aromatic carbocycles. The quantitative estimate of drug-likeness (QED) is 0.236. The van der Waals surface area contributed by atoms with Gasteiger partial charge in [-0.3, -0.25) is 5.41 Å². The molecule has 0 unspecified atom stereocenters. The molecule has 0 bridgehead atoms. The van der Waals surface area contributed by atoms with E-state index in [2.05, 4.69) is 0 Å². The van der Waals surface area contributed by atoms with Crippen molar-refractivity contribution in [1.82, 2.24) is 0 Å². The third kappa shape index (κ3) is 39.3. The van der Waals surface area contributed by atoms with Gasteiger partial charge in [-0.15, -0.1) is 0 Å². The van der Waals surface area contributed by atoms with Crippen LogP contribution in [0.25, 0.3) is 0 Å². The summed E-state index contributed by atoms with van der Waals surface area (Å²) >= 11 is 1.37. The number of hydrogen-bond acceptors (Lipinski definition) is 5. The molecule has 68 valence electrons. The van der Waals surface area contributed by atoms with Crippen LogP contribution in [0.4, 0.5) is 0 Å². The van der Waals surface area contributed by atoms with Crippen LogP contribution in [0, 0.1) is 5.41 Å². The molecule has 0 radical (unpaired) electrons. The van der Waals surface area contributed by atoms with Gasteiger partial charge in [-0.2, -0.15) is 0 Å². The van der Waals surface area contributed by atoms with Crippen molar-refractivity contribution in [2.24, 2.45) is 5.73 Å². The SMILES string of the molecule is CC(C)SC(=N)N.OP(O)O. The monoisotopic (exact) mass is 200 g/mol. The third-order valence-electron chi connectivity index (χ3n) is 0.363. The van der Waals surface area contributed by atoms with Gasteiger partial charge in [-0.1, -0.05) is 25.6 Å². The van der Waals surface area contributed by atoms with Gasteiger partial charge < -0.3 is 20.4 Å². The van der Waals surface area contributed by atoms with Gasteiger partial charge in [-0.25, -0.2) is 0 Å². The Morgan fingerprint density at radius 1 is 1.45 bits per heavy atom. The van der Waals surface area contributed by atoms with Crippen LogP contribution in [0.15, 0.2) is 0 Å². The minimum atomic E-state index is -2.62. The fourth-order valence-electron chi connectivity index (χ4n) is 0.254. The molecule has 0 aromatic heterocycles. The Bertz CT molecular complexity index is 109. The molecule has 0 aromatic rings. The van der Waals surface area contributed by atoms with Gasteiger partial charge in [0, 0.05) is 5.25 Å². The van der Waals surface area contributed by atoms with Crippen molar-refractivity contribution in [1.29, 1.82) is 5.41 Å². The predicted molar refractivity (Wildman–Crippen MR) is 48.2 cm³/mol. The maximum atomic E-state index is 7.23. The smallest absolute Gasteiger partial charge is 0.324 e. The largest absolute Gasteiger partial charge is 0.379 e. The highest BCUT2D eigenvalue weighted by atomic mass is 32.2. The molecular formula is C4H13N2O3PS. The number of amidine groups is 1. The molecule has 5 nitrogen and oxygen atoms in total. The lowest BCUT2D eigenvalue weighted by molar-refractivity contribution is 0.368. The van der Waals surface area contributed by atoms with E-state index in [1.54, 1.807) is 0 Å². The van der Waals surface area contributed by atoms with E-state index in [1.165, 1.54) is 11.8 Å². The Morgan fingerprint density at radius 3 is 1.73 bits per heavy atom. The van der Waals surface area contributed by atoms with Crippen molar-refractivity contribution in [3.63, 3.8) is 0 Å². The maximum Gasteiger partial charge on any atom is 0.324 e. The van der Waals surface area contributed by atoms with Gasteiger partial charge in [0.05, 0.1) is 0 Å². The first-order valence-corrected chi connectivity index (χ1v) is 4.81. The lowest BCUT2D eigenvalue weighted by Gasteiger charge is -1.97. The number of thioether (sulfide) groups is 1. The van der Waals surface area contributed by atoms with Gasteiger partial charge in [-0.05, 0) is 0 Å². The molecule has 0 saturated heterocycles. The van der Waals surface area contributed by atoms with E-state index in [0.717, 1.165) is 0 Å². The molecule has 0 amide bonds. The number of nitrogens with two attached hydrogens (primary N) is 1. The zero-order valence-electron chi connectivity index (χ0n) is 6.35. The Hall–Kier alpha value is 0.130. The van der Waals surface area contributed by atoms with Crippen LogP contribution in [-0.2, 0) is 0 Å². The highest BCUT2D eigenvalue weighted by molar-refractivity contribution is 8.14. The van der Waals surface area contributed by atoms with E-state index in [-0.39, 0.29) is 5.17 Å². The molecule has 11 heavy (non-hydrogen) atoms. The minimum absolute atomic E-state index is 0.204. The molecule has 0 aliphatic rings. The number of rotatable bonds is 1. The van der Waals surface area contributed by atoms with E-state index >= 15 is 0 Å². The van der Waals surface area contributed by atoms with E-state index in [9.17, 15) is 0 Å². The summed E-state index contributed by atoms with van der Waals surface area (Å²) in [5.41, 5.74) is 5.04. The lowest BCUT2D eigenvalue weighted by Crippen LogP contribution is -2.06. The van der Waals surface area contributed by atoms with Crippen molar-refractivity contribution in [3.8, 4) is 0 Å². The highest BCUT2D eigenvalue weighted by Crippen LogP contribution is 2.11. The van der Waals surface area contributed by atoms with E-state index in [0.29, 0.717) is 5.25 Å². The topological polar surface area (TPSA) is 111 Å². The van der Waals surface area contributed by atoms with E-state index < -0.39 is 8.60 Å². The van der Waals surface area contributed by atoms with E-state index in [4.69, 9.17) is 25.8 Å². The minimum Gasteiger partial charge on any atom is -0.379 e. The standard InChI is InChI=1S/C4H10N2S.H3O3P/c1-3(2)7-4(5)6;1-4(2)3/h3H,1-2H3,(H3,5,6);1-3H. The summed E-state index contributed by atoms with van der Waals surface area (Å²) in [7, 11) is -2.62. The maximum absolute atomic E-state index is 7.23. The average Bonchev–Trinajstić information content (AvgIpc) is 1.56. The van der Waals surface area contributed by atoms with Crippen LogP contribution in [-0.4, -0.2) is 25.1 Å². The summed E-state index contributed by atoms with van der Waals surface area (Å²) in [4.78, 5) is 21.7. The van der Waals surface area contributed by atoms with Crippen molar-refractivity contribution in [3.05, 3.63) is 0 Å². The van der Waals surface area contributed by atoms with Crippen LogP contribution in [0.1, 0.15) is 13.8 Å². The molecule has 7 heteroatoms. The first kappa shape index (κ1) is 13.7. The summed E-state index contributed by atoms with van der Waals surface area (Å²) in [6.07, 6.45) is 0.